The van der Waals surface area contributed by atoms with E-state index < -0.39 is 0 Å². The Morgan fingerprint density at radius 2 is 2.00 bits per heavy atom. The van der Waals surface area contributed by atoms with Crippen LogP contribution in [0.4, 0.5) is 0 Å². The first-order chi connectivity index (χ1) is 10.3. The minimum absolute atomic E-state index is 0.587. The molecule has 1 N–H and O–H groups in total. The molecule has 0 bridgehead atoms. The van der Waals surface area contributed by atoms with E-state index in [0.29, 0.717) is 19.6 Å². The van der Waals surface area contributed by atoms with Crippen molar-refractivity contribution in [2.75, 3.05) is 19.8 Å². The van der Waals surface area contributed by atoms with E-state index in [1.165, 1.54) is 5.56 Å². The summed E-state index contributed by atoms with van der Waals surface area (Å²) in [5.74, 6) is 1.58. The molecule has 0 unspecified atom stereocenters. The molecule has 0 radical (unpaired) electrons. The van der Waals surface area contributed by atoms with Crippen LogP contribution in [0.3, 0.4) is 0 Å². The third kappa shape index (κ3) is 7.01. The van der Waals surface area contributed by atoms with Crippen molar-refractivity contribution < 1.29 is 9.47 Å². The molecular weight excluding hydrogens is 264 g/mol. The number of hydrogen-bond acceptors (Lipinski definition) is 4. The molecule has 0 heterocycles. The number of rotatable bonds is 11. The van der Waals surface area contributed by atoms with Crippen LogP contribution < -0.4 is 14.8 Å². The number of nitrogens with zero attached hydrogens (tertiary/aromatic N) is 1. The zero-order chi connectivity index (χ0) is 15.3. The number of nitriles is 1. The van der Waals surface area contributed by atoms with Gasteiger partial charge < -0.3 is 14.8 Å². The minimum atomic E-state index is 0.587. The molecule has 0 aliphatic rings. The van der Waals surface area contributed by atoms with E-state index in [4.69, 9.17) is 14.7 Å². The fourth-order valence-electron chi connectivity index (χ4n) is 1.95. The Labute approximate surface area is 128 Å². The summed E-state index contributed by atoms with van der Waals surface area (Å²) in [4.78, 5) is 0. The third-order valence-corrected chi connectivity index (χ3v) is 3.00. The van der Waals surface area contributed by atoms with Crippen molar-refractivity contribution in [3.05, 3.63) is 23.8 Å². The lowest BCUT2D eigenvalue weighted by Crippen LogP contribution is -2.13. The maximum absolute atomic E-state index is 8.50. The van der Waals surface area contributed by atoms with E-state index >= 15 is 0 Å². The van der Waals surface area contributed by atoms with Gasteiger partial charge in [-0.05, 0) is 50.4 Å². The van der Waals surface area contributed by atoms with Crippen molar-refractivity contribution in [2.45, 2.75) is 46.1 Å². The largest absolute Gasteiger partial charge is 0.490 e. The highest BCUT2D eigenvalue weighted by Gasteiger charge is 2.06. The molecule has 116 valence electrons. The third-order valence-electron chi connectivity index (χ3n) is 3.00. The normalized spacial score (nSPS) is 10.1. The summed E-state index contributed by atoms with van der Waals surface area (Å²) < 4.78 is 11.4. The van der Waals surface area contributed by atoms with Gasteiger partial charge in [0.1, 0.15) is 0 Å². The molecule has 0 saturated carbocycles. The van der Waals surface area contributed by atoms with Crippen molar-refractivity contribution in [1.29, 1.82) is 5.26 Å². The maximum atomic E-state index is 8.50. The highest BCUT2D eigenvalue weighted by molar-refractivity contribution is 5.43. The molecule has 0 amide bonds. The number of ether oxygens (including phenoxy) is 2. The Kier molecular flexibility index (Phi) is 9.06. The van der Waals surface area contributed by atoms with Gasteiger partial charge in [0.05, 0.1) is 19.3 Å². The van der Waals surface area contributed by atoms with Gasteiger partial charge in [-0.1, -0.05) is 13.0 Å². The minimum Gasteiger partial charge on any atom is -0.490 e. The standard InChI is InChI=1S/C17H26N2O2/c1-3-11-19-14-15-8-9-16(17(13-15)20-4-2)21-12-7-5-6-10-18/h8-9,13,19H,3-7,11-12,14H2,1-2H3. The summed E-state index contributed by atoms with van der Waals surface area (Å²) in [5, 5.41) is 11.9. The number of nitrogens with one attached hydrogen (secondary N) is 1. The van der Waals surface area contributed by atoms with E-state index in [1.54, 1.807) is 0 Å². The van der Waals surface area contributed by atoms with Crippen LogP contribution in [0.1, 0.15) is 45.1 Å². The molecule has 0 fully saturated rings. The van der Waals surface area contributed by atoms with Crippen LogP contribution in [-0.4, -0.2) is 19.8 Å². The number of benzene rings is 1. The molecular formula is C17H26N2O2. The summed E-state index contributed by atoms with van der Waals surface area (Å²) in [7, 11) is 0. The predicted molar refractivity (Wildman–Crippen MR) is 84.6 cm³/mol. The molecule has 0 aliphatic heterocycles. The van der Waals surface area contributed by atoms with Crippen LogP contribution in [-0.2, 0) is 6.54 Å². The lowest BCUT2D eigenvalue weighted by Gasteiger charge is -2.13. The average molecular weight is 290 g/mol. The zero-order valence-electron chi connectivity index (χ0n) is 13.2. The lowest BCUT2D eigenvalue weighted by atomic mass is 10.2. The SMILES string of the molecule is CCCNCc1ccc(OCCCCC#N)c(OCC)c1. The van der Waals surface area contributed by atoms with Gasteiger partial charge >= 0.3 is 0 Å². The van der Waals surface area contributed by atoms with E-state index in [0.717, 1.165) is 43.9 Å². The summed E-state index contributed by atoms with van der Waals surface area (Å²) in [6, 6.07) is 8.22. The number of hydrogen-bond donors (Lipinski definition) is 1. The molecule has 4 heteroatoms. The van der Waals surface area contributed by atoms with E-state index in [9.17, 15) is 0 Å². The number of unbranched alkanes of at least 4 members (excludes halogenated alkanes) is 2. The van der Waals surface area contributed by atoms with Gasteiger partial charge in [-0.3, -0.25) is 0 Å². The first-order valence-corrected chi connectivity index (χ1v) is 7.78. The molecule has 21 heavy (non-hydrogen) atoms. The topological polar surface area (TPSA) is 54.3 Å². The monoisotopic (exact) mass is 290 g/mol. The van der Waals surface area contributed by atoms with Gasteiger partial charge in [0.2, 0.25) is 0 Å². The van der Waals surface area contributed by atoms with E-state index in [2.05, 4.69) is 24.4 Å². The fourth-order valence-corrected chi connectivity index (χ4v) is 1.95. The van der Waals surface area contributed by atoms with Crippen molar-refractivity contribution in [3.8, 4) is 17.6 Å². The van der Waals surface area contributed by atoms with Crippen molar-refractivity contribution in [1.82, 2.24) is 5.32 Å². The molecule has 1 rings (SSSR count). The highest BCUT2D eigenvalue weighted by atomic mass is 16.5. The summed E-state index contributed by atoms with van der Waals surface area (Å²) in [5.41, 5.74) is 1.20. The molecule has 0 spiro atoms. The van der Waals surface area contributed by atoms with Crippen LogP contribution in [0.5, 0.6) is 11.5 Å². The second kappa shape index (κ2) is 11.0. The summed E-state index contributed by atoms with van der Waals surface area (Å²) in [6.45, 7) is 7.23. The summed E-state index contributed by atoms with van der Waals surface area (Å²) in [6.07, 6.45) is 3.48. The fraction of sp³-hybridized carbons (Fsp3) is 0.588. The maximum Gasteiger partial charge on any atom is 0.161 e. The van der Waals surface area contributed by atoms with Crippen molar-refractivity contribution >= 4 is 0 Å². The molecule has 0 saturated heterocycles. The molecule has 0 atom stereocenters. The zero-order valence-corrected chi connectivity index (χ0v) is 13.2. The molecule has 4 nitrogen and oxygen atoms in total. The van der Waals surface area contributed by atoms with Crippen LogP contribution in [0.15, 0.2) is 18.2 Å². The quantitative estimate of drug-likeness (QED) is 0.632. The molecule has 1 aromatic carbocycles. The first-order valence-electron chi connectivity index (χ1n) is 7.78. The van der Waals surface area contributed by atoms with Gasteiger partial charge in [-0.2, -0.15) is 5.26 Å². The molecule has 0 aromatic heterocycles. The van der Waals surface area contributed by atoms with Gasteiger partial charge in [0.25, 0.3) is 0 Å². The Morgan fingerprint density at radius 1 is 1.14 bits per heavy atom. The molecule has 0 aliphatic carbocycles. The average Bonchev–Trinajstić information content (AvgIpc) is 2.49. The van der Waals surface area contributed by atoms with Gasteiger partial charge in [0.15, 0.2) is 11.5 Å². The Hall–Kier alpha value is -1.73. The van der Waals surface area contributed by atoms with Crippen LogP contribution in [0.25, 0.3) is 0 Å². The Bertz CT molecular complexity index is 441. The van der Waals surface area contributed by atoms with Gasteiger partial charge in [-0.25, -0.2) is 0 Å². The first kappa shape index (κ1) is 17.3. The van der Waals surface area contributed by atoms with E-state index in [1.807, 2.05) is 19.1 Å². The van der Waals surface area contributed by atoms with Gasteiger partial charge in [0, 0.05) is 13.0 Å². The van der Waals surface area contributed by atoms with Crippen LogP contribution >= 0.6 is 0 Å². The lowest BCUT2D eigenvalue weighted by molar-refractivity contribution is 0.271. The van der Waals surface area contributed by atoms with Crippen LogP contribution in [0, 0.1) is 11.3 Å². The second-order valence-electron chi connectivity index (χ2n) is 4.85. The predicted octanol–water partition coefficient (Wildman–Crippen LogP) is 3.66. The Morgan fingerprint density at radius 3 is 2.71 bits per heavy atom. The second-order valence-corrected chi connectivity index (χ2v) is 4.85. The Balaban J connectivity index is 2.55. The summed E-state index contributed by atoms with van der Waals surface area (Å²) >= 11 is 0. The van der Waals surface area contributed by atoms with Gasteiger partial charge in [-0.15, -0.1) is 0 Å². The van der Waals surface area contributed by atoms with E-state index in [-0.39, 0.29) is 0 Å². The smallest absolute Gasteiger partial charge is 0.161 e. The van der Waals surface area contributed by atoms with Crippen molar-refractivity contribution in [2.24, 2.45) is 0 Å². The van der Waals surface area contributed by atoms with Crippen molar-refractivity contribution in [3.63, 3.8) is 0 Å². The highest BCUT2D eigenvalue weighted by Crippen LogP contribution is 2.28. The van der Waals surface area contributed by atoms with Crippen LogP contribution in [0.2, 0.25) is 0 Å². The molecule has 1 aromatic rings.